The van der Waals surface area contributed by atoms with Crippen molar-refractivity contribution in [1.82, 2.24) is 0 Å². The van der Waals surface area contributed by atoms with Crippen LogP contribution in [0, 0.1) is 11.6 Å². The summed E-state index contributed by atoms with van der Waals surface area (Å²) in [5.74, 6) is -1.95. The van der Waals surface area contributed by atoms with Gasteiger partial charge < -0.3 is 10.5 Å². The molecule has 0 fully saturated rings. The Labute approximate surface area is 105 Å². The number of hydrogen-bond donors (Lipinski definition) is 1. The van der Waals surface area contributed by atoms with E-state index in [9.17, 15) is 13.6 Å². The number of esters is 1. The molecular weight excluding hydrogens is 240 g/mol. The molecule has 100 valence electrons. The summed E-state index contributed by atoms with van der Waals surface area (Å²) in [7, 11) is 0. The highest BCUT2D eigenvalue weighted by Crippen LogP contribution is 2.20. The van der Waals surface area contributed by atoms with Gasteiger partial charge in [-0.3, -0.25) is 4.79 Å². The number of hydrogen-bond acceptors (Lipinski definition) is 3. The van der Waals surface area contributed by atoms with Crippen molar-refractivity contribution in [3.8, 4) is 0 Å². The van der Waals surface area contributed by atoms with Crippen LogP contribution in [0.25, 0.3) is 0 Å². The fourth-order valence-corrected chi connectivity index (χ4v) is 1.47. The highest BCUT2D eigenvalue weighted by molar-refractivity contribution is 5.70. The molecule has 0 aliphatic carbocycles. The summed E-state index contributed by atoms with van der Waals surface area (Å²) < 4.78 is 31.2. The zero-order valence-electron chi connectivity index (χ0n) is 10.7. The van der Waals surface area contributed by atoms with Crippen LogP contribution >= 0.6 is 0 Å². The van der Waals surface area contributed by atoms with E-state index >= 15 is 0 Å². The lowest BCUT2D eigenvalue weighted by atomic mass is 10.0. The van der Waals surface area contributed by atoms with Crippen molar-refractivity contribution in [2.24, 2.45) is 5.73 Å². The molecule has 1 atom stereocenters. The second-order valence-electron chi connectivity index (χ2n) is 5.06. The first kappa shape index (κ1) is 14.6. The first-order valence-corrected chi connectivity index (χ1v) is 5.61. The number of carbonyl (C=O) groups excluding carboxylic acids is 1. The van der Waals surface area contributed by atoms with Gasteiger partial charge in [-0.15, -0.1) is 0 Å². The summed E-state index contributed by atoms with van der Waals surface area (Å²) in [6, 6.07) is 2.23. The fourth-order valence-electron chi connectivity index (χ4n) is 1.47. The van der Waals surface area contributed by atoms with Crippen molar-refractivity contribution in [1.29, 1.82) is 0 Å². The molecule has 1 aromatic carbocycles. The SMILES string of the molecule is CC(C)(C)OC(=O)CC(N)c1ccc(F)cc1F. The number of benzene rings is 1. The van der Waals surface area contributed by atoms with E-state index in [2.05, 4.69) is 0 Å². The lowest BCUT2D eigenvalue weighted by molar-refractivity contribution is -0.155. The van der Waals surface area contributed by atoms with Crippen LogP contribution in [0.15, 0.2) is 18.2 Å². The maximum atomic E-state index is 13.4. The van der Waals surface area contributed by atoms with Gasteiger partial charge in [0.25, 0.3) is 0 Å². The summed E-state index contributed by atoms with van der Waals surface area (Å²) in [6.45, 7) is 5.19. The molecule has 18 heavy (non-hydrogen) atoms. The van der Waals surface area contributed by atoms with Crippen LogP contribution in [0.3, 0.4) is 0 Å². The minimum atomic E-state index is -0.847. The zero-order chi connectivity index (χ0) is 13.9. The lowest BCUT2D eigenvalue weighted by Crippen LogP contribution is -2.26. The predicted octanol–water partition coefficient (Wildman–Crippen LogP) is 2.70. The average Bonchev–Trinajstić information content (AvgIpc) is 2.13. The van der Waals surface area contributed by atoms with E-state index in [1.807, 2.05) is 0 Å². The molecule has 0 aromatic heterocycles. The third-order valence-electron chi connectivity index (χ3n) is 2.17. The van der Waals surface area contributed by atoms with Gasteiger partial charge in [-0.2, -0.15) is 0 Å². The molecule has 0 aliphatic rings. The van der Waals surface area contributed by atoms with Crippen molar-refractivity contribution in [2.45, 2.75) is 38.8 Å². The van der Waals surface area contributed by atoms with E-state index in [0.29, 0.717) is 0 Å². The maximum absolute atomic E-state index is 13.4. The molecule has 0 saturated heterocycles. The van der Waals surface area contributed by atoms with Gasteiger partial charge in [0.2, 0.25) is 0 Å². The highest BCUT2D eigenvalue weighted by Gasteiger charge is 2.21. The van der Waals surface area contributed by atoms with Crippen molar-refractivity contribution in [3.05, 3.63) is 35.4 Å². The molecular formula is C13H17F2NO2. The molecule has 0 heterocycles. The zero-order valence-corrected chi connectivity index (χ0v) is 10.7. The van der Waals surface area contributed by atoms with E-state index in [0.717, 1.165) is 12.1 Å². The highest BCUT2D eigenvalue weighted by atomic mass is 19.1. The molecule has 0 spiro atoms. The fraction of sp³-hybridized carbons (Fsp3) is 0.462. The molecule has 1 aromatic rings. The number of nitrogens with two attached hydrogens (primary N) is 1. The first-order valence-electron chi connectivity index (χ1n) is 5.61. The van der Waals surface area contributed by atoms with Crippen LogP contribution in [0.1, 0.15) is 38.8 Å². The summed E-state index contributed by atoms with van der Waals surface area (Å²) in [5, 5.41) is 0. The first-order chi connectivity index (χ1) is 8.19. The molecule has 0 bridgehead atoms. The van der Waals surface area contributed by atoms with Gasteiger partial charge in [-0.05, 0) is 26.8 Å². The van der Waals surface area contributed by atoms with Gasteiger partial charge in [0, 0.05) is 17.7 Å². The standard InChI is InChI=1S/C13H17F2NO2/c1-13(2,3)18-12(17)7-11(16)9-5-4-8(14)6-10(9)15/h4-6,11H,7,16H2,1-3H3. The van der Waals surface area contributed by atoms with Gasteiger partial charge in [-0.25, -0.2) is 8.78 Å². The molecule has 1 unspecified atom stereocenters. The summed E-state index contributed by atoms with van der Waals surface area (Å²) >= 11 is 0. The average molecular weight is 257 g/mol. The number of carbonyl (C=O) groups is 1. The van der Waals surface area contributed by atoms with E-state index in [1.165, 1.54) is 6.07 Å². The van der Waals surface area contributed by atoms with Gasteiger partial charge in [0.1, 0.15) is 17.2 Å². The third-order valence-corrected chi connectivity index (χ3v) is 2.17. The Morgan fingerprint density at radius 1 is 1.39 bits per heavy atom. The molecule has 5 heteroatoms. The Bertz CT molecular complexity index is 441. The molecule has 0 radical (unpaired) electrons. The van der Waals surface area contributed by atoms with Crippen LogP contribution in [0.2, 0.25) is 0 Å². The Balaban J connectivity index is 2.71. The summed E-state index contributed by atoms with van der Waals surface area (Å²) in [5.41, 5.74) is 5.19. The van der Waals surface area contributed by atoms with Crippen LogP contribution in [-0.4, -0.2) is 11.6 Å². The van der Waals surface area contributed by atoms with E-state index in [4.69, 9.17) is 10.5 Å². The van der Waals surface area contributed by atoms with Crippen LogP contribution in [-0.2, 0) is 9.53 Å². The van der Waals surface area contributed by atoms with Crippen molar-refractivity contribution in [2.75, 3.05) is 0 Å². The van der Waals surface area contributed by atoms with Crippen molar-refractivity contribution >= 4 is 5.97 Å². The molecule has 0 amide bonds. The van der Waals surface area contributed by atoms with Crippen molar-refractivity contribution < 1.29 is 18.3 Å². The largest absolute Gasteiger partial charge is 0.460 e. The quantitative estimate of drug-likeness (QED) is 0.847. The summed E-state index contributed by atoms with van der Waals surface area (Å²) in [4.78, 5) is 11.5. The van der Waals surface area contributed by atoms with Gasteiger partial charge >= 0.3 is 5.97 Å². The lowest BCUT2D eigenvalue weighted by Gasteiger charge is -2.21. The Morgan fingerprint density at radius 3 is 2.50 bits per heavy atom. The number of halogens is 2. The molecule has 1 rings (SSSR count). The van der Waals surface area contributed by atoms with Crippen LogP contribution < -0.4 is 5.73 Å². The summed E-state index contributed by atoms with van der Waals surface area (Å²) in [6.07, 6.45) is -0.153. The van der Waals surface area contributed by atoms with E-state index < -0.39 is 29.2 Å². The van der Waals surface area contributed by atoms with Gasteiger partial charge in [0.05, 0.1) is 6.42 Å². The van der Waals surface area contributed by atoms with Crippen LogP contribution in [0.4, 0.5) is 8.78 Å². The monoisotopic (exact) mass is 257 g/mol. The Morgan fingerprint density at radius 2 is 2.00 bits per heavy atom. The predicted molar refractivity (Wildman–Crippen MR) is 63.7 cm³/mol. The van der Waals surface area contributed by atoms with Gasteiger partial charge in [-0.1, -0.05) is 6.07 Å². The van der Waals surface area contributed by atoms with Crippen molar-refractivity contribution in [3.63, 3.8) is 0 Å². The van der Waals surface area contributed by atoms with E-state index in [1.54, 1.807) is 20.8 Å². The normalized spacial score (nSPS) is 13.2. The number of ether oxygens (including phenoxy) is 1. The molecule has 2 N–H and O–H groups in total. The topological polar surface area (TPSA) is 52.3 Å². The molecule has 0 saturated carbocycles. The minimum Gasteiger partial charge on any atom is -0.460 e. The molecule has 3 nitrogen and oxygen atoms in total. The second-order valence-corrected chi connectivity index (χ2v) is 5.06. The van der Waals surface area contributed by atoms with Gasteiger partial charge in [0.15, 0.2) is 0 Å². The minimum absolute atomic E-state index is 0.0993. The molecule has 0 aliphatic heterocycles. The smallest absolute Gasteiger partial charge is 0.308 e. The van der Waals surface area contributed by atoms with E-state index in [-0.39, 0.29) is 12.0 Å². The third kappa shape index (κ3) is 4.41. The maximum Gasteiger partial charge on any atom is 0.308 e. The van der Waals surface area contributed by atoms with Crippen LogP contribution in [0.5, 0.6) is 0 Å². The number of rotatable bonds is 3. The second kappa shape index (κ2) is 5.44. The Kier molecular flexibility index (Phi) is 4.40. The Hall–Kier alpha value is -1.49.